The maximum Gasteiger partial charge on any atom is 0.340 e. The molecule has 1 atom stereocenters. The number of hydrogen-bond donors (Lipinski definition) is 0. The molecule has 2 rings (SSSR count). The Bertz CT molecular complexity index is 951. The first-order valence-electron chi connectivity index (χ1n) is 10.1. The molecule has 0 aromatic heterocycles. The van der Waals surface area contributed by atoms with Crippen molar-refractivity contribution in [3.05, 3.63) is 58.6 Å². The van der Waals surface area contributed by atoms with Gasteiger partial charge in [-0.25, -0.2) is 0 Å². The molecular formula is C23H30ClNO4S. The monoisotopic (exact) mass is 451 g/mol. The van der Waals surface area contributed by atoms with Gasteiger partial charge in [0.15, 0.2) is 0 Å². The van der Waals surface area contributed by atoms with E-state index in [1.807, 2.05) is 25.7 Å². The molecule has 30 heavy (non-hydrogen) atoms. The number of carbonyl (C=O) groups is 1. The minimum atomic E-state index is -4.05. The van der Waals surface area contributed by atoms with Crippen LogP contribution < -0.4 is 4.18 Å². The molecule has 0 aliphatic rings. The molecule has 0 spiro atoms. The summed E-state index contributed by atoms with van der Waals surface area (Å²) in [6.45, 7) is 10.3. The van der Waals surface area contributed by atoms with Crippen molar-refractivity contribution in [2.24, 2.45) is 5.92 Å². The number of rotatable bonds is 9. The number of halogens is 1. The lowest BCUT2D eigenvalue weighted by Gasteiger charge is -2.29. The van der Waals surface area contributed by atoms with Crippen LogP contribution in [-0.2, 0) is 21.5 Å². The molecule has 0 aliphatic carbocycles. The summed E-state index contributed by atoms with van der Waals surface area (Å²) >= 11 is 6.08. The highest BCUT2D eigenvalue weighted by atomic mass is 35.5. The third-order valence-electron chi connectivity index (χ3n) is 4.92. The number of carbonyl (C=O) groups excluding carboxylic acids is 1. The van der Waals surface area contributed by atoms with Gasteiger partial charge in [-0.15, -0.1) is 0 Å². The molecule has 5 nitrogen and oxygen atoms in total. The molecule has 164 valence electrons. The first-order valence-corrected chi connectivity index (χ1v) is 11.9. The molecule has 0 aliphatic heterocycles. The molecule has 2 aromatic rings. The second kappa shape index (κ2) is 10.3. The zero-order chi connectivity index (χ0) is 22.5. The van der Waals surface area contributed by atoms with E-state index in [9.17, 15) is 13.2 Å². The lowest BCUT2D eigenvalue weighted by Crippen LogP contribution is -2.38. The van der Waals surface area contributed by atoms with Gasteiger partial charge in [0.25, 0.3) is 0 Å². The molecule has 0 heterocycles. The van der Waals surface area contributed by atoms with Gasteiger partial charge in [-0.1, -0.05) is 56.6 Å². The van der Waals surface area contributed by atoms with E-state index in [1.165, 1.54) is 6.07 Å². The van der Waals surface area contributed by atoms with Gasteiger partial charge >= 0.3 is 10.1 Å². The van der Waals surface area contributed by atoms with Crippen molar-refractivity contribution in [2.45, 2.75) is 64.9 Å². The van der Waals surface area contributed by atoms with Crippen molar-refractivity contribution < 1.29 is 17.4 Å². The SMILES string of the molecule is CC[C@@H](C)N(Cc1ccc(OS(=O)(=O)c2c(C)cccc2Cl)cc1)C(=O)CC(C)C. The van der Waals surface area contributed by atoms with E-state index in [0.717, 1.165) is 12.0 Å². The Hall–Kier alpha value is -2.05. The van der Waals surface area contributed by atoms with Gasteiger partial charge in [0.2, 0.25) is 5.91 Å². The summed E-state index contributed by atoms with van der Waals surface area (Å²) in [5.74, 6) is 0.608. The fraction of sp³-hybridized carbons (Fsp3) is 0.435. The molecule has 0 saturated heterocycles. The van der Waals surface area contributed by atoms with Crippen molar-refractivity contribution in [3.63, 3.8) is 0 Å². The molecule has 7 heteroatoms. The maximum atomic E-state index is 12.7. The predicted molar refractivity (Wildman–Crippen MR) is 120 cm³/mol. The minimum absolute atomic E-state index is 0.0297. The van der Waals surface area contributed by atoms with Crippen molar-refractivity contribution >= 4 is 27.6 Å². The second-order valence-corrected chi connectivity index (χ2v) is 9.83. The Balaban J connectivity index is 2.18. The zero-order valence-electron chi connectivity index (χ0n) is 18.2. The van der Waals surface area contributed by atoms with Crippen molar-refractivity contribution in [3.8, 4) is 5.75 Å². The molecule has 0 bridgehead atoms. The Kier molecular flexibility index (Phi) is 8.33. The van der Waals surface area contributed by atoms with Crippen LogP contribution in [0.25, 0.3) is 0 Å². The van der Waals surface area contributed by atoms with Crippen LogP contribution in [0.3, 0.4) is 0 Å². The highest BCUT2D eigenvalue weighted by Gasteiger charge is 2.23. The number of hydrogen-bond acceptors (Lipinski definition) is 4. The number of amides is 1. The number of aryl methyl sites for hydroxylation is 1. The Morgan fingerprint density at radius 1 is 1.10 bits per heavy atom. The summed E-state index contributed by atoms with van der Waals surface area (Å²) in [4.78, 5) is 14.5. The first-order chi connectivity index (χ1) is 14.0. The van der Waals surface area contributed by atoms with Gasteiger partial charge in [0.1, 0.15) is 10.6 Å². The smallest absolute Gasteiger partial charge is 0.340 e. The van der Waals surface area contributed by atoms with Crippen molar-refractivity contribution in [2.75, 3.05) is 0 Å². The lowest BCUT2D eigenvalue weighted by atomic mass is 10.1. The average Bonchev–Trinajstić information content (AvgIpc) is 2.65. The molecule has 0 saturated carbocycles. The summed E-state index contributed by atoms with van der Waals surface area (Å²) in [7, 11) is -4.05. The Morgan fingerprint density at radius 3 is 2.27 bits per heavy atom. The molecule has 0 fully saturated rings. The average molecular weight is 452 g/mol. The largest absolute Gasteiger partial charge is 0.379 e. The van der Waals surface area contributed by atoms with Crippen LogP contribution in [0.1, 0.15) is 51.7 Å². The van der Waals surface area contributed by atoms with E-state index in [0.29, 0.717) is 24.4 Å². The molecule has 0 unspecified atom stereocenters. The topological polar surface area (TPSA) is 63.7 Å². The third-order valence-corrected chi connectivity index (χ3v) is 6.80. The van der Waals surface area contributed by atoms with Gasteiger partial charge in [0, 0.05) is 19.0 Å². The third kappa shape index (κ3) is 6.22. The van der Waals surface area contributed by atoms with E-state index in [1.54, 1.807) is 43.3 Å². The van der Waals surface area contributed by atoms with Crippen molar-refractivity contribution in [1.82, 2.24) is 4.90 Å². The van der Waals surface area contributed by atoms with Gasteiger partial charge in [-0.3, -0.25) is 4.79 Å². The van der Waals surface area contributed by atoms with Gasteiger partial charge in [-0.05, 0) is 55.5 Å². The van der Waals surface area contributed by atoms with Crippen LogP contribution in [0, 0.1) is 12.8 Å². The predicted octanol–water partition coefficient (Wildman–Crippen LogP) is 5.59. The lowest BCUT2D eigenvalue weighted by molar-refractivity contribution is -0.134. The molecule has 0 N–H and O–H groups in total. The van der Waals surface area contributed by atoms with Crippen LogP contribution in [0.2, 0.25) is 5.02 Å². The second-order valence-electron chi connectivity index (χ2n) is 7.94. The fourth-order valence-corrected chi connectivity index (χ4v) is 4.85. The van der Waals surface area contributed by atoms with Crippen LogP contribution in [-0.4, -0.2) is 25.3 Å². The first kappa shape index (κ1) is 24.2. The van der Waals surface area contributed by atoms with E-state index < -0.39 is 10.1 Å². The highest BCUT2D eigenvalue weighted by molar-refractivity contribution is 7.87. The molecule has 0 radical (unpaired) electrons. The van der Waals surface area contributed by atoms with E-state index in [2.05, 4.69) is 6.92 Å². The quantitative estimate of drug-likeness (QED) is 0.466. The number of nitrogens with zero attached hydrogens (tertiary/aromatic N) is 1. The van der Waals surface area contributed by atoms with Crippen LogP contribution in [0.5, 0.6) is 5.75 Å². The summed E-state index contributed by atoms with van der Waals surface area (Å²) in [6.07, 6.45) is 1.36. The molecule has 1 amide bonds. The van der Waals surface area contributed by atoms with Crippen LogP contribution in [0.15, 0.2) is 47.4 Å². The van der Waals surface area contributed by atoms with Gasteiger partial charge in [0.05, 0.1) is 5.02 Å². The van der Waals surface area contributed by atoms with Crippen molar-refractivity contribution in [1.29, 1.82) is 0 Å². The Morgan fingerprint density at radius 2 is 1.73 bits per heavy atom. The maximum absolute atomic E-state index is 12.7. The summed E-state index contributed by atoms with van der Waals surface area (Å²) in [5.41, 5.74) is 1.43. The number of benzene rings is 2. The minimum Gasteiger partial charge on any atom is -0.379 e. The van der Waals surface area contributed by atoms with E-state index in [4.69, 9.17) is 15.8 Å². The molecular weight excluding hydrogens is 422 g/mol. The molecule has 2 aromatic carbocycles. The fourth-order valence-electron chi connectivity index (χ4n) is 3.13. The standard InChI is InChI=1S/C23H30ClNO4S/c1-6-18(5)25(22(26)14-16(2)3)15-19-10-12-20(13-11-19)29-30(27,28)23-17(4)8-7-9-21(23)24/h7-13,16,18H,6,14-15H2,1-5H3/t18-/m1/s1. The zero-order valence-corrected chi connectivity index (χ0v) is 19.8. The van der Waals surface area contributed by atoms with Crippen LogP contribution >= 0.6 is 11.6 Å². The van der Waals surface area contributed by atoms with E-state index in [-0.39, 0.29) is 27.6 Å². The normalized spacial score (nSPS) is 12.6. The van der Waals surface area contributed by atoms with Gasteiger partial charge in [-0.2, -0.15) is 8.42 Å². The summed E-state index contributed by atoms with van der Waals surface area (Å²) in [5, 5.41) is 0.125. The van der Waals surface area contributed by atoms with Gasteiger partial charge < -0.3 is 9.08 Å². The van der Waals surface area contributed by atoms with E-state index >= 15 is 0 Å². The highest BCUT2D eigenvalue weighted by Crippen LogP contribution is 2.28. The summed E-state index contributed by atoms with van der Waals surface area (Å²) < 4.78 is 30.6. The summed E-state index contributed by atoms with van der Waals surface area (Å²) in [6, 6.07) is 11.8. The van der Waals surface area contributed by atoms with Crippen LogP contribution in [0.4, 0.5) is 0 Å². The Labute approximate surface area is 185 Å².